The number of esters is 2. The molecule has 2 saturated heterocycles. The third-order valence-electron chi connectivity index (χ3n) is 7.76. The number of likely N-dealkylation sites (tertiary alicyclic amines) is 2. The van der Waals surface area contributed by atoms with Crippen molar-refractivity contribution in [3.8, 4) is 0 Å². The lowest BCUT2D eigenvalue weighted by atomic mass is 9.78. The molecule has 0 saturated carbocycles. The minimum atomic E-state index is -0.931. The van der Waals surface area contributed by atoms with Gasteiger partial charge in [-0.05, 0) is 81.3 Å². The third kappa shape index (κ3) is 6.72. The monoisotopic (exact) mass is 492 g/mol. The summed E-state index contributed by atoms with van der Waals surface area (Å²) in [5, 5.41) is 0. The lowest BCUT2D eigenvalue weighted by Crippen LogP contribution is -2.62. The number of carbonyl (C=O) groups is 2. The fourth-order valence-corrected chi connectivity index (χ4v) is 6.86. The summed E-state index contributed by atoms with van der Waals surface area (Å²) in [6, 6.07) is 0. The summed E-state index contributed by atoms with van der Waals surface area (Å²) in [6.07, 6.45) is 3.83. The van der Waals surface area contributed by atoms with Gasteiger partial charge in [-0.25, -0.2) is 9.59 Å². The van der Waals surface area contributed by atoms with Crippen LogP contribution in [0.25, 0.3) is 5.53 Å². The van der Waals surface area contributed by atoms with Crippen LogP contribution < -0.4 is 0 Å². The summed E-state index contributed by atoms with van der Waals surface area (Å²) in [7, 11) is 0. The maximum Gasteiger partial charge on any atom is 0.482 e. The first-order valence-corrected chi connectivity index (χ1v) is 13.2. The first-order valence-electron chi connectivity index (χ1n) is 13.2. The molecule has 0 unspecified atom stereocenters. The van der Waals surface area contributed by atoms with Gasteiger partial charge >= 0.3 is 17.7 Å². The molecule has 0 atom stereocenters. The van der Waals surface area contributed by atoms with Crippen LogP contribution in [-0.2, 0) is 19.1 Å². The summed E-state index contributed by atoms with van der Waals surface area (Å²) >= 11 is 0. The van der Waals surface area contributed by atoms with E-state index >= 15 is 0 Å². The van der Waals surface area contributed by atoms with Crippen LogP contribution in [0.2, 0.25) is 0 Å². The first-order chi connectivity index (χ1) is 16.0. The fourth-order valence-electron chi connectivity index (χ4n) is 6.86. The predicted octanol–water partition coefficient (Wildman–Crippen LogP) is 4.61. The van der Waals surface area contributed by atoms with Crippen molar-refractivity contribution in [1.29, 1.82) is 0 Å². The quantitative estimate of drug-likeness (QED) is 0.161. The van der Waals surface area contributed by atoms with Crippen molar-refractivity contribution in [3.63, 3.8) is 0 Å². The fraction of sp³-hybridized carbons (Fsp3) is 0.889. The largest absolute Gasteiger partial charge is 0.482 e. The van der Waals surface area contributed by atoms with Gasteiger partial charge in [-0.2, -0.15) is 4.79 Å². The molecule has 0 aromatic rings. The van der Waals surface area contributed by atoms with Gasteiger partial charge in [0.1, 0.15) is 12.2 Å². The van der Waals surface area contributed by atoms with Crippen LogP contribution in [0.4, 0.5) is 0 Å². The van der Waals surface area contributed by atoms with Crippen LogP contribution >= 0.6 is 0 Å². The maximum absolute atomic E-state index is 12.9. The Morgan fingerprint density at radius 1 is 0.714 bits per heavy atom. The van der Waals surface area contributed by atoms with Gasteiger partial charge < -0.3 is 15.0 Å². The molecule has 0 aliphatic carbocycles. The molecule has 0 spiro atoms. The number of hydrogen-bond donors (Lipinski definition) is 0. The number of rotatable bonds is 8. The first kappa shape index (κ1) is 29.5. The molecule has 0 aromatic heterocycles. The summed E-state index contributed by atoms with van der Waals surface area (Å²) in [5.41, 5.74) is 8.13. The summed E-state index contributed by atoms with van der Waals surface area (Å²) < 4.78 is 11.4. The molecule has 0 radical (unpaired) electrons. The predicted molar refractivity (Wildman–Crippen MR) is 137 cm³/mol. The van der Waals surface area contributed by atoms with Crippen LogP contribution in [0.5, 0.6) is 0 Å². The van der Waals surface area contributed by atoms with Crippen molar-refractivity contribution >= 4 is 17.7 Å². The van der Waals surface area contributed by atoms with Crippen LogP contribution in [0.15, 0.2) is 0 Å². The SMILES string of the molecule is CCCN1C(C)(C)CC(OC(=O)C(=[N+]=[N-])C(=O)OC2CC(C)(C)N(CCC)C(C)(C)C2)CC1(C)C. The van der Waals surface area contributed by atoms with Crippen molar-refractivity contribution < 1.29 is 23.9 Å². The topological polar surface area (TPSA) is 95.5 Å². The second-order valence-corrected chi connectivity index (χ2v) is 12.9. The van der Waals surface area contributed by atoms with E-state index in [-0.39, 0.29) is 34.4 Å². The molecule has 0 aromatic carbocycles. The number of ether oxygens (including phenoxy) is 2. The van der Waals surface area contributed by atoms with Crippen molar-refractivity contribution in [2.75, 3.05) is 13.1 Å². The molecule has 0 amide bonds. The molecule has 2 fully saturated rings. The van der Waals surface area contributed by atoms with Crippen LogP contribution in [0, 0.1) is 0 Å². The highest BCUT2D eigenvalue weighted by atomic mass is 16.6. The average Bonchev–Trinajstić information content (AvgIpc) is 2.66. The smallest absolute Gasteiger partial charge is 0.453 e. The van der Waals surface area contributed by atoms with E-state index in [1.807, 2.05) is 0 Å². The molecule has 8 nitrogen and oxygen atoms in total. The zero-order chi connectivity index (χ0) is 26.8. The van der Waals surface area contributed by atoms with Crippen LogP contribution in [-0.4, -0.2) is 79.7 Å². The molecule has 0 N–H and O–H groups in total. The molecule has 8 heteroatoms. The molecular weight excluding hydrogens is 444 g/mol. The number of piperidine rings is 2. The Kier molecular flexibility index (Phi) is 9.01. The van der Waals surface area contributed by atoms with E-state index in [1.54, 1.807) is 0 Å². The Morgan fingerprint density at radius 2 is 1.00 bits per heavy atom. The van der Waals surface area contributed by atoms with Crippen LogP contribution in [0.3, 0.4) is 0 Å². The molecule has 2 aliphatic heterocycles. The van der Waals surface area contributed by atoms with Gasteiger partial charge in [-0.15, -0.1) is 0 Å². The number of nitrogens with zero attached hydrogens (tertiary/aromatic N) is 4. The molecular formula is C27H48N4O4. The van der Waals surface area contributed by atoms with E-state index in [9.17, 15) is 15.1 Å². The standard InChI is InChI=1S/C27H48N4O4/c1-11-13-30-24(3,4)15-19(16-25(30,5)6)34-22(32)21(29-28)23(33)35-20-17-26(7,8)31(14-12-2)27(9,10)18-20/h19-20H,11-18H2,1-10H3. The maximum atomic E-state index is 12.9. The summed E-state index contributed by atoms with van der Waals surface area (Å²) in [5.74, 6) is -1.86. The average molecular weight is 493 g/mol. The van der Waals surface area contributed by atoms with Gasteiger partial charge in [-0.1, -0.05) is 13.8 Å². The highest BCUT2D eigenvalue weighted by Crippen LogP contribution is 2.41. The molecule has 2 heterocycles. The molecule has 200 valence electrons. The van der Waals surface area contributed by atoms with Crippen molar-refractivity contribution in [2.24, 2.45) is 0 Å². The van der Waals surface area contributed by atoms with E-state index in [0.29, 0.717) is 25.7 Å². The van der Waals surface area contributed by atoms with Crippen molar-refractivity contribution in [1.82, 2.24) is 9.80 Å². The van der Waals surface area contributed by atoms with E-state index in [0.717, 1.165) is 25.9 Å². The Morgan fingerprint density at radius 3 is 1.23 bits per heavy atom. The zero-order valence-corrected chi connectivity index (χ0v) is 23.7. The molecule has 2 rings (SSSR count). The second-order valence-electron chi connectivity index (χ2n) is 12.9. The minimum Gasteiger partial charge on any atom is -0.453 e. The van der Waals surface area contributed by atoms with E-state index in [4.69, 9.17) is 9.47 Å². The Labute approximate surface area is 212 Å². The molecule has 0 bridgehead atoms. The normalized spacial score (nSPS) is 24.4. The minimum absolute atomic E-state index is 0.177. The number of hydrogen-bond acceptors (Lipinski definition) is 6. The van der Waals surface area contributed by atoms with E-state index in [1.165, 1.54) is 0 Å². The zero-order valence-electron chi connectivity index (χ0n) is 23.7. The van der Waals surface area contributed by atoms with E-state index < -0.39 is 17.7 Å². The van der Waals surface area contributed by atoms with Gasteiger partial charge in [0, 0.05) is 47.8 Å². The van der Waals surface area contributed by atoms with E-state index in [2.05, 4.69) is 83.8 Å². The van der Waals surface area contributed by atoms with Gasteiger partial charge in [0.2, 0.25) is 0 Å². The lowest BCUT2D eigenvalue weighted by molar-refractivity contribution is -0.164. The van der Waals surface area contributed by atoms with Gasteiger partial charge in [0.15, 0.2) is 0 Å². The Balaban J connectivity index is 2.09. The van der Waals surface area contributed by atoms with Gasteiger partial charge in [0.05, 0.1) is 0 Å². The Bertz CT molecular complexity index is 744. The highest BCUT2D eigenvalue weighted by Gasteiger charge is 2.49. The summed E-state index contributed by atoms with van der Waals surface area (Å²) in [4.78, 5) is 33.7. The van der Waals surface area contributed by atoms with Crippen molar-refractivity contribution in [2.45, 2.75) is 142 Å². The lowest BCUT2D eigenvalue weighted by Gasteiger charge is -2.55. The van der Waals surface area contributed by atoms with Crippen molar-refractivity contribution in [3.05, 3.63) is 5.53 Å². The highest BCUT2D eigenvalue weighted by molar-refractivity contribution is 6.60. The van der Waals surface area contributed by atoms with Crippen LogP contribution in [0.1, 0.15) is 108 Å². The third-order valence-corrected chi connectivity index (χ3v) is 7.76. The van der Waals surface area contributed by atoms with Gasteiger partial charge in [0.25, 0.3) is 0 Å². The second kappa shape index (κ2) is 10.7. The molecule has 2 aliphatic rings. The number of carbonyl (C=O) groups excluding carboxylic acids is 2. The Hall–Kier alpha value is -1.76. The molecule has 35 heavy (non-hydrogen) atoms. The summed E-state index contributed by atoms with van der Waals surface area (Å²) in [6.45, 7) is 23.4. The van der Waals surface area contributed by atoms with Gasteiger partial charge in [-0.3, -0.25) is 9.80 Å².